The van der Waals surface area contributed by atoms with Crippen LogP contribution in [0, 0.1) is 11.8 Å². The Morgan fingerprint density at radius 3 is 2.00 bits per heavy atom. The van der Waals surface area contributed by atoms with E-state index in [0.29, 0.717) is 6.04 Å². The summed E-state index contributed by atoms with van der Waals surface area (Å²) in [6.45, 7) is 12.5. The van der Waals surface area contributed by atoms with Crippen LogP contribution in [0.5, 0.6) is 0 Å². The van der Waals surface area contributed by atoms with Crippen LogP contribution in [0.2, 0.25) is 0 Å². The lowest BCUT2D eigenvalue weighted by Gasteiger charge is -2.25. The molecule has 0 rings (SSSR count). The molecule has 0 aromatic heterocycles. The molecule has 0 aliphatic heterocycles. The lowest BCUT2D eigenvalue weighted by molar-refractivity contribution is 0.294. The van der Waals surface area contributed by atoms with Gasteiger partial charge in [-0.2, -0.15) is 0 Å². The predicted octanol–water partition coefficient (Wildman–Crippen LogP) is 2.67. The Kier molecular flexibility index (Phi) is 5.57. The van der Waals surface area contributed by atoms with Gasteiger partial charge in [0.25, 0.3) is 0 Å². The maximum Gasteiger partial charge on any atom is 0.00667 e. The molecular formula is C10H23N. The van der Waals surface area contributed by atoms with E-state index in [4.69, 9.17) is 0 Å². The second kappa shape index (κ2) is 5.59. The fourth-order valence-electron chi connectivity index (χ4n) is 1.37. The van der Waals surface area contributed by atoms with E-state index in [2.05, 4.69) is 39.9 Å². The zero-order chi connectivity index (χ0) is 8.85. The molecule has 0 heterocycles. The molecule has 0 aliphatic rings. The van der Waals surface area contributed by atoms with Gasteiger partial charge in [0.2, 0.25) is 0 Å². The molecular weight excluding hydrogens is 134 g/mol. The highest BCUT2D eigenvalue weighted by atomic mass is 14.9. The molecule has 0 aromatic carbocycles. The largest absolute Gasteiger partial charge is 0.314 e. The van der Waals surface area contributed by atoms with Crippen LogP contribution in [0.25, 0.3) is 0 Å². The molecule has 0 bridgehead atoms. The molecule has 3 atom stereocenters. The molecule has 0 aromatic rings. The van der Waals surface area contributed by atoms with E-state index in [9.17, 15) is 0 Å². The SMILES string of the molecule is CCNC(C)C(C)[C@@H](C)CC. The predicted molar refractivity (Wildman–Crippen MR) is 51.8 cm³/mol. The molecule has 1 nitrogen and oxygen atoms in total. The minimum absolute atomic E-state index is 0.662. The van der Waals surface area contributed by atoms with Gasteiger partial charge in [0.15, 0.2) is 0 Å². The van der Waals surface area contributed by atoms with Gasteiger partial charge in [0.1, 0.15) is 0 Å². The zero-order valence-corrected chi connectivity index (χ0v) is 8.65. The van der Waals surface area contributed by atoms with E-state index in [1.807, 2.05) is 0 Å². The van der Waals surface area contributed by atoms with Gasteiger partial charge in [0.05, 0.1) is 0 Å². The first-order chi connectivity index (χ1) is 5.13. The lowest BCUT2D eigenvalue weighted by atomic mass is 9.88. The molecule has 0 fully saturated rings. The quantitative estimate of drug-likeness (QED) is 0.647. The van der Waals surface area contributed by atoms with Crippen molar-refractivity contribution in [1.29, 1.82) is 0 Å². The summed E-state index contributed by atoms with van der Waals surface area (Å²) in [5, 5.41) is 3.46. The van der Waals surface area contributed by atoms with Gasteiger partial charge >= 0.3 is 0 Å². The highest BCUT2D eigenvalue weighted by molar-refractivity contribution is 4.71. The molecule has 0 radical (unpaired) electrons. The van der Waals surface area contributed by atoms with Gasteiger partial charge in [-0.1, -0.05) is 34.1 Å². The van der Waals surface area contributed by atoms with Crippen molar-refractivity contribution in [3.8, 4) is 0 Å². The van der Waals surface area contributed by atoms with Crippen molar-refractivity contribution < 1.29 is 0 Å². The fourth-order valence-corrected chi connectivity index (χ4v) is 1.37. The summed E-state index contributed by atoms with van der Waals surface area (Å²) in [7, 11) is 0. The maximum atomic E-state index is 3.46. The van der Waals surface area contributed by atoms with Crippen molar-refractivity contribution in [3.63, 3.8) is 0 Å². The summed E-state index contributed by atoms with van der Waals surface area (Å²) in [6, 6.07) is 0.662. The van der Waals surface area contributed by atoms with Crippen LogP contribution < -0.4 is 5.32 Å². The fraction of sp³-hybridized carbons (Fsp3) is 1.00. The Hall–Kier alpha value is -0.0400. The standard InChI is InChI=1S/C10H23N/c1-6-8(3)9(4)10(5)11-7-2/h8-11H,6-7H2,1-5H3/t8-,9?,10?/m0/s1. The second-order valence-electron chi connectivity index (χ2n) is 3.59. The van der Waals surface area contributed by atoms with E-state index >= 15 is 0 Å². The van der Waals surface area contributed by atoms with Crippen LogP contribution in [0.15, 0.2) is 0 Å². The van der Waals surface area contributed by atoms with Crippen molar-refractivity contribution in [2.45, 2.75) is 47.1 Å². The summed E-state index contributed by atoms with van der Waals surface area (Å²) < 4.78 is 0. The first kappa shape index (κ1) is 11.0. The average Bonchev–Trinajstić information content (AvgIpc) is 2.02. The smallest absolute Gasteiger partial charge is 0.00667 e. The molecule has 68 valence electrons. The Balaban J connectivity index is 3.70. The van der Waals surface area contributed by atoms with E-state index in [0.717, 1.165) is 18.4 Å². The molecule has 2 unspecified atom stereocenters. The van der Waals surface area contributed by atoms with Gasteiger partial charge in [-0.15, -0.1) is 0 Å². The third-order valence-corrected chi connectivity index (χ3v) is 2.86. The van der Waals surface area contributed by atoms with Crippen molar-refractivity contribution in [2.75, 3.05) is 6.54 Å². The highest BCUT2D eigenvalue weighted by Crippen LogP contribution is 2.17. The van der Waals surface area contributed by atoms with Crippen LogP contribution in [0.4, 0.5) is 0 Å². The summed E-state index contributed by atoms with van der Waals surface area (Å²) in [5.41, 5.74) is 0. The summed E-state index contributed by atoms with van der Waals surface area (Å²) >= 11 is 0. The molecule has 0 spiro atoms. The van der Waals surface area contributed by atoms with Crippen LogP contribution in [-0.4, -0.2) is 12.6 Å². The number of hydrogen-bond donors (Lipinski definition) is 1. The van der Waals surface area contributed by atoms with Crippen LogP contribution in [-0.2, 0) is 0 Å². The van der Waals surface area contributed by atoms with Crippen molar-refractivity contribution in [3.05, 3.63) is 0 Å². The van der Waals surface area contributed by atoms with Gasteiger partial charge in [-0.3, -0.25) is 0 Å². The van der Waals surface area contributed by atoms with Crippen LogP contribution in [0.1, 0.15) is 41.0 Å². The number of hydrogen-bond acceptors (Lipinski definition) is 1. The van der Waals surface area contributed by atoms with E-state index in [1.54, 1.807) is 0 Å². The minimum Gasteiger partial charge on any atom is -0.314 e. The number of nitrogens with one attached hydrogen (secondary N) is 1. The van der Waals surface area contributed by atoms with E-state index < -0.39 is 0 Å². The molecule has 11 heavy (non-hydrogen) atoms. The lowest BCUT2D eigenvalue weighted by Crippen LogP contribution is -2.34. The molecule has 1 N–H and O–H groups in total. The summed E-state index contributed by atoms with van der Waals surface area (Å²) in [5.74, 6) is 1.63. The first-order valence-corrected chi connectivity index (χ1v) is 4.86. The monoisotopic (exact) mass is 157 g/mol. The summed E-state index contributed by atoms with van der Waals surface area (Å²) in [4.78, 5) is 0. The van der Waals surface area contributed by atoms with Crippen molar-refractivity contribution >= 4 is 0 Å². The third-order valence-electron chi connectivity index (χ3n) is 2.86. The highest BCUT2D eigenvalue weighted by Gasteiger charge is 2.15. The first-order valence-electron chi connectivity index (χ1n) is 4.86. The van der Waals surface area contributed by atoms with E-state index in [1.165, 1.54) is 6.42 Å². The molecule has 0 saturated heterocycles. The van der Waals surface area contributed by atoms with Gasteiger partial charge in [0, 0.05) is 6.04 Å². The van der Waals surface area contributed by atoms with Crippen LogP contribution >= 0.6 is 0 Å². The van der Waals surface area contributed by atoms with Gasteiger partial charge in [-0.25, -0.2) is 0 Å². The molecule has 0 amide bonds. The molecule has 0 aliphatic carbocycles. The summed E-state index contributed by atoms with van der Waals surface area (Å²) in [6.07, 6.45) is 1.29. The topological polar surface area (TPSA) is 12.0 Å². The van der Waals surface area contributed by atoms with Crippen molar-refractivity contribution in [1.82, 2.24) is 5.32 Å². The molecule has 1 heteroatoms. The second-order valence-corrected chi connectivity index (χ2v) is 3.59. The maximum absolute atomic E-state index is 3.46. The average molecular weight is 157 g/mol. The third kappa shape index (κ3) is 3.76. The Morgan fingerprint density at radius 1 is 1.09 bits per heavy atom. The van der Waals surface area contributed by atoms with E-state index in [-0.39, 0.29) is 0 Å². The normalized spacial score (nSPS) is 19.4. The van der Waals surface area contributed by atoms with Crippen LogP contribution in [0.3, 0.4) is 0 Å². The zero-order valence-electron chi connectivity index (χ0n) is 8.65. The Labute approximate surface area is 71.6 Å². The van der Waals surface area contributed by atoms with Crippen molar-refractivity contribution in [2.24, 2.45) is 11.8 Å². The van der Waals surface area contributed by atoms with Gasteiger partial charge < -0.3 is 5.32 Å². The Bertz CT molecular complexity index is 90.9. The number of rotatable bonds is 5. The molecule has 0 saturated carbocycles. The van der Waals surface area contributed by atoms with Gasteiger partial charge in [-0.05, 0) is 25.3 Å². The minimum atomic E-state index is 0.662. The Morgan fingerprint density at radius 2 is 1.64 bits per heavy atom.